The van der Waals surface area contributed by atoms with Crippen LogP contribution in [0.3, 0.4) is 0 Å². The zero-order valence-corrected chi connectivity index (χ0v) is 16.4. The Bertz CT molecular complexity index is 1020. The molecule has 2 aromatic carbocycles. The van der Waals surface area contributed by atoms with Crippen molar-refractivity contribution < 1.29 is 19.0 Å². The molecule has 3 rings (SSSR count). The molecule has 10 heteroatoms. The van der Waals surface area contributed by atoms with Crippen LogP contribution in [0.4, 0.5) is 17.6 Å². The van der Waals surface area contributed by atoms with Crippen LogP contribution in [-0.2, 0) is 11.3 Å². The molecule has 0 aliphatic heterocycles. The van der Waals surface area contributed by atoms with Gasteiger partial charge in [-0.3, -0.25) is 0 Å². The quantitative estimate of drug-likeness (QED) is 0.560. The van der Waals surface area contributed by atoms with Gasteiger partial charge in [-0.2, -0.15) is 15.0 Å². The first-order valence-electron chi connectivity index (χ1n) is 8.41. The number of para-hydroxylation sites is 1. The molecule has 3 aromatic rings. The highest BCUT2D eigenvalue weighted by molar-refractivity contribution is 6.32. The largest absolute Gasteiger partial charge is 0.493 e. The third kappa shape index (κ3) is 5.02. The topological polar surface area (TPSA) is 121 Å². The fourth-order valence-corrected chi connectivity index (χ4v) is 2.75. The molecule has 0 aliphatic rings. The number of benzene rings is 2. The van der Waals surface area contributed by atoms with Gasteiger partial charge < -0.3 is 25.3 Å². The second-order valence-electron chi connectivity index (χ2n) is 5.69. The molecule has 0 fully saturated rings. The third-order valence-electron chi connectivity index (χ3n) is 3.73. The molecule has 1 aromatic heterocycles. The van der Waals surface area contributed by atoms with Gasteiger partial charge >= 0.3 is 5.97 Å². The number of nitrogens with one attached hydrogen (secondary N) is 1. The van der Waals surface area contributed by atoms with Gasteiger partial charge in [0.05, 0.1) is 24.8 Å². The Labute approximate surface area is 171 Å². The first kappa shape index (κ1) is 20.2. The van der Waals surface area contributed by atoms with E-state index < -0.39 is 5.97 Å². The summed E-state index contributed by atoms with van der Waals surface area (Å²) in [5.74, 6) is 0.432. The fourth-order valence-electron chi connectivity index (χ4n) is 2.46. The van der Waals surface area contributed by atoms with Gasteiger partial charge in [0.2, 0.25) is 11.9 Å². The number of nitrogens with two attached hydrogens (primary N) is 1. The Morgan fingerprint density at radius 3 is 2.55 bits per heavy atom. The Hall–Kier alpha value is -3.59. The van der Waals surface area contributed by atoms with Crippen LogP contribution in [0.2, 0.25) is 5.02 Å². The highest BCUT2D eigenvalue weighted by Gasteiger charge is 2.17. The summed E-state index contributed by atoms with van der Waals surface area (Å²) < 4.78 is 15.6. The lowest BCUT2D eigenvalue weighted by Gasteiger charge is -2.11. The summed E-state index contributed by atoms with van der Waals surface area (Å²) in [6.45, 7) is -0.207. The van der Waals surface area contributed by atoms with E-state index in [0.29, 0.717) is 11.5 Å². The second-order valence-corrected chi connectivity index (χ2v) is 6.10. The first-order valence-corrected chi connectivity index (χ1v) is 8.79. The third-order valence-corrected chi connectivity index (χ3v) is 4.01. The van der Waals surface area contributed by atoms with Gasteiger partial charge in [0.1, 0.15) is 0 Å². The van der Waals surface area contributed by atoms with Crippen molar-refractivity contribution in [2.45, 2.75) is 6.61 Å². The summed E-state index contributed by atoms with van der Waals surface area (Å²) in [5, 5.41) is 3.23. The number of methoxy groups -OCH3 is 2. The van der Waals surface area contributed by atoms with Gasteiger partial charge in [0.15, 0.2) is 23.9 Å². The summed E-state index contributed by atoms with van der Waals surface area (Å²) >= 11 is 6.12. The average molecular weight is 416 g/mol. The van der Waals surface area contributed by atoms with Gasteiger partial charge in [0.25, 0.3) is 0 Å². The molecule has 1 heterocycles. The van der Waals surface area contributed by atoms with E-state index in [1.54, 1.807) is 0 Å². The van der Waals surface area contributed by atoms with Gasteiger partial charge in [-0.05, 0) is 24.3 Å². The van der Waals surface area contributed by atoms with Crippen LogP contribution in [0, 0.1) is 0 Å². The summed E-state index contributed by atoms with van der Waals surface area (Å²) in [6.07, 6.45) is 0. The molecule has 0 atom stereocenters. The lowest BCUT2D eigenvalue weighted by molar-refractivity contribution is 0.0461. The molecule has 0 spiro atoms. The normalized spacial score (nSPS) is 10.3. The van der Waals surface area contributed by atoms with Crippen LogP contribution >= 0.6 is 11.6 Å². The van der Waals surface area contributed by atoms with E-state index in [-0.39, 0.29) is 34.9 Å². The van der Waals surface area contributed by atoms with Crippen LogP contribution in [0.25, 0.3) is 0 Å². The lowest BCUT2D eigenvalue weighted by atomic mass is 10.2. The van der Waals surface area contributed by atoms with Crippen molar-refractivity contribution in [3.05, 3.63) is 58.9 Å². The summed E-state index contributed by atoms with van der Waals surface area (Å²) in [6, 6.07) is 12.2. The molecular weight excluding hydrogens is 398 g/mol. The molecular formula is C19H18ClN5O4. The number of esters is 1. The number of carbonyl (C=O) groups excluding carboxylic acids is 1. The molecule has 0 saturated carbocycles. The molecule has 3 N–H and O–H groups in total. The summed E-state index contributed by atoms with van der Waals surface area (Å²) in [4.78, 5) is 24.6. The zero-order chi connectivity index (χ0) is 20.8. The van der Waals surface area contributed by atoms with Crippen molar-refractivity contribution in [1.29, 1.82) is 0 Å². The number of rotatable bonds is 7. The fraction of sp³-hybridized carbons (Fsp3) is 0.158. The maximum absolute atomic E-state index is 12.4. The number of hydrogen-bond acceptors (Lipinski definition) is 9. The Morgan fingerprint density at radius 2 is 1.86 bits per heavy atom. The van der Waals surface area contributed by atoms with Gasteiger partial charge in [-0.1, -0.05) is 29.8 Å². The number of nitrogen functional groups attached to an aromatic ring is 1. The second kappa shape index (κ2) is 9.07. The van der Waals surface area contributed by atoms with Crippen molar-refractivity contribution in [2.24, 2.45) is 0 Å². The molecule has 0 radical (unpaired) electrons. The Balaban J connectivity index is 1.73. The number of anilines is 3. The van der Waals surface area contributed by atoms with E-state index in [2.05, 4.69) is 20.3 Å². The first-order chi connectivity index (χ1) is 14.0. The number of halogens is 1. The van der Waals surface area contributed by atoms with Crippen molar-refractivity contribution in [3.8, 4) is 11.5 Å². The molecule has 150 valence electrons. The van der Waals surface area contributed by atoms with E-state index in [1.165, 1.54) is 26.4 Å². The van der Waals surface area contributed by atoms with Crippen molar-refractivity contribution in [1.82, 2.24) is 15.0 Å². The molecule has 0 unspecified atom stereocenters. The van der Waals surface area contributed by atoms with Gasteiger partial charge in [0, 0.05) is 5.69 Å². The zero-order valence-electron chi connectivity index (χ0n) is 15.7. The van der Waals surface area contributed by atoms with Crippen LogP contribution in [0.1, 0.15) is 16.2 Å². The van der Waals surface area contributed by atoms with Crippen molar-refractivity contribution in [3.63, 3.8) is 0 Å². The Morgan fingerprint density at radius 1 is 1.10 bits per heavy atom. The number of carbonyl (C=O) groups is 1. The minimum Gasteiger partial charge on any atom is -0.493 e. The number of ether oxygens (including phenoxy) is 3. The van der Waals surface area contributed by atoms with E-state index in [1.807, 2.05) is 30.3 Å². The van der Waals surface area contributed by atoms with Gasteiger partial charge in [-0.25, -0.2) is 4.79 Å². The predicted octanol–water partition coefficient (Wildman–Crippen LogP) is 3.23. The Kier molecular flexibility index (Phi) is 6.30. The number of aromatic nitrogens is 3. The van der Waals surface area contributed by atoms with Crippen molar-refractivity contribution >= 4 is 35.2 Å². The maximum atomic E-state index is 12.4. The molecule has 29 heavy (non-hydrogen) atoms. The maximum Gasteiger partial charge on any atom is 0.338 e. The van der Waals surface area contributed by atoms with Crippen molar-refractivity contribution in [2.75, 3.05) is 25.3 Å². The smallest absolute Gasteiger partial charge is 0.338 e. The average Bonchev–Trinajstić information content (AvgIpc) is 2.71. The van der Waals surface area contributed by atoms with E-state index in [4.69, 9.17) is 31.5 Å². The molecule has 0 aliphatic carbocycles. The SMILES string of the molecule is COc1cc(C(=O)OCc2nc(N)nc(Nc3ccccc3)n2)cc(Cl)c1OC. The van der Waals surface area contributed by atoms with Crippen LogP contribution < -0.4 is 20.5 Å². The van der Waals surface area contributed by atoms with Gasteiger partial charge in [-0.15, -0.1) is 0 Å². The highest BCUT2D eigenvalue weighted by Crippen LogP contribution is 2.36. The molecule has 0 saturated heterocycles. The summed E-state index contributed by atoms with van der Waals surface area (Å²) in [7, 11) is 2.89. The molecule has 9 nitrogen and oxygen atoms in total. The summed E-state index contributed by atoms with van der Waals surface area (Å²) in [5.41, 5.74) is 6.70. The van der Waals surface area contributed by atoms with E-state index in [0.717, 1.165) is 5.69 Å². The van der Waals surface area contributed by atoms with Crippen LogP contribution in [0.15, 0.2) is 42.5 Å². The van der Waals surface area contributed by atoms with Crippen LogP contribution in [-0.4, -0.2) is 35.1 Å². The van der Waals surface area contributed by atoms with E-state index in [9.17, 15) is 4.79 Å². The number of hydrogen-bond donors (Lipinski definition) is 2. The van der Waals surface area contributed by atoms with Crippen LogP contribution in [0.5, 0.6) is 11.5 Å². The molecule has 0 bridgehead atoms. The molecule has 0 amide bonds. The minimum atomic E-state index is -0.635. The highest BCUT2D eigenvalue weighted by atomic mass is 35.5. The minimum absolute atomic E-state index is 0.00126. The standard InChI is InChI=1S/C19H18ClN5O4/c1-27-14-9-11(8-13(20)16(14)28-2)17(26)29-10-15-23-18(21)25-19(24-15)22-12-6-4-3-5-7-12/h3-9H,10H2,1-2H3,(H3,21,22,23,24,25). The monoisotopic (exact) mass is 415 g/mol. The number of nitrogens with zero attached hydrogens (tertiary/aromatic N) is 3. The van der Waals surface area contributed by atoms with E-state index >= 15 is 0 Å². The lowest BCUT2D eigenvalue weighted by Crippen LogP contribution is -2.11. The predicted molar refractivity (Wildman–Crippen MR) is 108 cm³/mol.